The van der Waals surface area contributed by atoms with Gasteiger partial charge in [0.25, 0.3) is 0 Å². The topological polar surface area (TPSA) is 169 Å². The summed E-state index contributed by atoms with van der Waals surface area (Å²) in [6, 6.07) is -1.57. The molecule has 0 aromatic heterocycles. The standard InChI is InChI=1S/C44H70NO10P/c1-3-5-7-9-11-13-15-17-18-19-20-21-22-24-26-28-30-32-34-36-43(48)53-37-40(46)38-54-56(51,52)55-39-41(44(49)50)45-42(47)35-33-31-29-27-25-23-16-14-12-10-8-6-4-2/h5,7-8,10-11,13-14,16-18,20-21,24,26,30,32,40-41,46H,3-4,6,9,12,15,19,22-23,25,27-29,31,33-39H2,1-2H3,(H,45,47)(H,49,50)(H,51,52)/b7-5-,10-8-,13-11-,16-14-,18-17-,21-20-,26-24-,32-30-. The largest absolute Gasteiger partial charge is 0.480 e. The van der Waals surface area contributed by atoms with Gasteiger partial charge in [-0.3, -0.25) is 18.6 Å². The average Bonchev–Trinajstić information content (AvgIpc) is 3.17. The summed E-state index contributed by atoms with van der Waals surface area (Å²) in [7, 11) is -4.78. The highest BCUT2D eigenvalue weighted by atomic mass is 31.2. The van der Waals surface area contributed by atoms with Crippen molar-refractivity contribution in [2.24, 2.45) is 0 Å². The highest BCUT2D eigenvalue weighted by Gasteiger charge is 2.28. The van der Waals surface area contributed by atoms with Gasteiger partial charge in [-0.1, -0.05) is 137 Å². The lowest BCUT2D eigenvalue weighted by Crippen LogP contribution is -2.43. The number of rotatable bonds is 36. The van der Waals surface area contributed by atoms with E-state index in [-0.39, 0.29) is 12.8 Å². The Labute approximate surface area is 336 Å². The lowest BCUT2D eigenvalue weighted by Gasteiger charge is -2.18. The van der Waals surface area contributed by atoms with Crippen LogP contribution < -0.4 is 5.32 Å². The lowest BCUT2D eigenvalue weighted by atomic mass is 10.1. The number of carboxylic acid groups (broad SMARTS) is 1. The first-order valence-electron chi connectivity index (χ1n) is 20.3. The number of esters is 1. The van der Waals surface area contributed by atoms with Crippen molar-refractivity contribution in [1.29, 1.82) is 0 Å². The van der Waals surface area contributed by atoms with Gasteiger partial charge in [-0.25, -0.2) is 9.36 Å². The van der Waals surface area contributed by atoms with E-state index in [0.717, 1.165) is 89.9 Å². The third-order valence-corrected chi connectivity index (χ3v) is 8.80. The number of aliphatic hydroxyl groups excluding tert-OH is 1. The van der Waals surface area contributed by atoms with Crippen LogP contribution in [0, 0.1) is 0 Å². The summed E-state index contributed by atoms with van der Waals surface area (Å²) in [6.45, 7) is 2.29. The number of aliphatic hydroxyl groups is 1. The summed E-state index contributed by atoms with van der Waals surface area (Å²) < 4.78 is 26.7. The van der Waals surface area contributed by atoms with Gasteiger partial charge in [-0.2, -0.15) is 0 Å². The third kappa shape index (κ3) is 37.3. The monoisotopic (exact) mass is 803 g/mol. The minimum atomic E-state index is -4.78. The van der Waals surface area contributed by atoms with Gasteiger partial charge < -0.3 is 25.2 Å². The van der Waals surface area contributed by atoms with Crippen molar-refractivity contribution in [3.63, 3.8) is 0 Å². The summed E-state index contributed by atoms with van der Waals surface area (Å²) in [5.74, 6) is -2.50. The van der Waals surface area contributed by atoms with E-state index in [2.05, 4.69) is 98.2 Å². The van der Waals surface area contributed by atoms with Crippen LogP contribution >= 0.6 is 7.82 Å². The molecule has 0 aliphatic rings. The number of ether oxygens (including phenoxy) is 1. The number of unbranched alkanes of at least 4 members (excludes halogenated alkanes) is 6. The number of phosphoric acid groups is 1. The van der Waals surface area contributed by atoms with Crippen LogP contribution in [0.25, 0.3) is 0 Å². The number of carbonyl (C=O) groups is 3. The fourth-order valence-electron chi connectivity index (χ4n) is 4.73. The third-order valence-electron chi connectivity index (χ3n) is 7.85. The van der Waals surface area contributed by atoms with Crippen LogP contribution in [0.2, 0.25) is 0 Å². The van der Waals surface area contributed by atoms with Crippen molar-refractivity contribution in [1.82, 2.24) is 5.32 Å². The molecule has 4 N–H and O–H groups in total. The van der Waals surface area contributed by atoms with E-state index < -0.39 is 57.6 Å². The van der Waals surface area contributed by atoms with Gasteiger partial charge in [-0.15, -0.1) is 0 Å². The van der Waals surface area contributed by atoms with Gasteiger partial charge in [0.1, 0.15) is 12.7 Å². The fraction of sp³-hybridized carbons (Fsp3) is 0.568. The van der Waals surface area contributed by atoms with E-state index in [9.17, 15) is 34.1 Å². The lowest BCUT2D eigenvalue weighted by molar-refractivity contribution is -0.147. The summed E-state index contributed by atoms with van der Waals surface area (Å²) in [6.07, 6.45) is 47.4. The summed E-state index contributed by atoms with van der Waals surface area (Å²) in [4.78, 5) is 45.7. The van der Waals surface area contributed by atoms with Crippen molar-refractivity contribution >= 4 is 25.7 Å². The molecule has 0 spiro atoms. The maximum absolute atomic E-state index is 12.3. The zero-order valence-electron chi connectivity index (χ0n) is 33.9. The molecule has 316 valence electrons. The van der Waals surface area contributed by atoms with E-state index in [1.165, 1.54) is 0 Å². The predicted octanol–water partition coefficient (Wildman–Crippen LogP) is 10.1. The van der Waals surface area contributed by atoms with Crippen molar-refractivity contribution in [2.75, 3.05) is 19.8 Å². The molecule has 0 aliphatic heterocycles. The van der Waals surface area contributed by atoms with Crippen LogP contribution in [-0.4, -0.2) is 64.9 Å². The predicted molar refractivity (Wildman–Crippen MR) is 226 cm³/mol. The van der Waals surface area contributed by atoms with Crippen molar-refractivity contribution in [3.05, 3.63) is 97.2 Å². The van der Waals surface area contributed by atoms with Gasteiger partial charge >= 0.3 is 19.8 Å². The Morgan fingerprint density at radius 2 is 1.05 bits per heavy atom. The molecular formula is C44H70NO10P. The Kier molecular flexibility index (Phi) is 35.8. The zero-order chi connectivity index (χ0) is 41.4. The molecule has 0 aromatic carbocycles. The number of nitrogens with one attached hydrogen (secondary N) is 1. The Balaban J connectivity index is 4.07. The molecule has 56 heavy (non-hydrogen) atoms. The van der Waals surface area contributed by atoms with Crippen molar-refractivity contribution in [2.45, 2.75) is 142 Å². The first kappa shape index (κ1) is 52.4. The second-order valence-electron chi connectivity index (χ2n) is 13.1. The number of hydrogen-bond donors (Lipinski definition) is 4. The molecule has 0 aliphatic carbocycles. The average molecular weight is 804 g/mol. The van der Waals surface area contributed by atoms with Gasteiger partial charge in [0.05, 0.1) is 13.2 Å². The number of aliphatic carboxylic acids is 1. The normalized spacial score (nSPS) is 14.8. The molecule has 0 aromatic rings. The molecule has 0 radical (unpaired) electrons. The highest BCUT2D eigenvalue weighted by molar-refractivity contribution is 7.47. The fourth-order valence-corrected chi connectivity index (χ4v) is 5.50. The Morgan fingerprint density at radius 1 is 0.589 bits per heavy atom. The maximum atomic E-state index is 12.3. The van der Waals surface area contributed by atoms with Gasteiger partial charge in [0, 0.05) is 12.8 Å². The number of phosphoric ester groups is 1. The van der Waals surface area contributed by atoms with E-state index in [0.29, 0.717) is 12.8 Å². The van der Waals surface area contributed by atoms with Crippen LogP contribution in [0.5, 0.6) is 0 Å². The van der Waals surface area contributed by atoms with Crippen molar-refractivity contribution in [3.8, 4) is 0 Å². The van der Waals surface area contributed by atoms with Crippen LogP contribution in [0.15, 0.2) is 97.2 Å². The summed E-state index contributed by atoms with van der Waals surface area (Å²) in [5.41, 5.74) is 0. The van der Waals surface area contributed by atoms with Crippen LogP contribution in [0.4, 0.5) is 0 Å². The van der Waals surface area contributed by atoms with E-state index >= 15 is 0 Å². The van der Waals surface area contributed by atoms with Crippen LogP contribution in [0.3, 0.4) is 0 Å². The molecule has 1 amide bonds. The first-order chi connectivity index (χ1) is 27.1. The molecule has 0 heterocycles. The molecule has 3 atom stereocenters. The van der Waals surface area contributed by atoms with Crippen LogP contribution in [0.1, 0.15) is 129 Å². The van der Waals surface area contributed by atoms with Gasteiger partial charge in [-0.05, 0) is 77.0 Å². The second kappa shape index (κ2) is 38.3. The molecule has 0 saturated carbocycles. The maximum Gasteiger partial charge on any atom is 0.472 e. The Bertz CT molecular complexity index is 1310. The zero-order valence-corrected chi connectivity index (χ0v) is 34.8. The minimum Gasteiger partial charge on any atom is -0.480 e. The molecule has 0 bridgehead atoms. The molecule has 11 nitrogen and oxygen atoms in total. The second-order valence-corrected chi connectivity index (χ2v) is 14.5. The van der Waals surface area contributed by atoms with Crippen LogP contribution in [-0.2, 0) is 32.7 Å². The summed E-state index contributed by atoms with van der Waals surface area (Å²) in [5, 5.41) is 21.7. The highest BCUT2D eigenvalue weighted by Crippen LogP contribution is 2.43. The molecule has 0 fully saturated rings. The van der Waals surface area contributed by atoms with Gasteiger partial charge in [0.2, 0.25) is 5.91 Å². The number of carbonyl (C=O) groups excluding carboxylic acids is 2. The first-order valence-corrected chi connectivity index (χ1v) is 21.8. The minimum absolute atomic E-state index is 0.0924. The van der Waals surface area contributed by atoms with E-state index in [4.69, 9.17) is 13.8 Å². The number of amides is 1. The SMILES string of the molecule is CC/C=C\C/C=C\C/C=C\C/C=C\C/C=C\C/C=C\CCC(=O)OCC(O)COP(=O)(O)OCC(NC(=O)CCCCCCC/C=C\C/C=C\CCC)C(=O)O. The van der Waals surface area contributed by atoms with E-state index in [1.54, 1.807) is 0 Å². The van der Waals surface area contributed by atoms with Crippen molar-refractivity contribution < 1.29 is 47.8 Å². The number of carboxylic acids is 1. The smallest absolute Gasteiger partial charge is 0.472 e. The molecular weight excluding hydrogens is 733 g/mol. The quantitative estimate of drug-likeness (QED) is 0.0207. The van der Waals surface area contributed by atoms with E-state index in [1.807, 2.05) is 18.2 Å². The number of allylic oxidation sites excluding steroid dienone is 16. The Morgan fingerprint density at radius 3 is 1.59 bits per heavy atom. The van der Waals surface area contributed by atoms with Gasteiger partial charge in [0.15, 0.2) is 6.04 Å². The Hall–Kier alpha value is -3.60. The molecule has 0 rings (SSSR count). The molecule has 3 unspecified atom stereocenters. The molecule has 12 heteroatoms. The number of hydrogen-bond acceptors (Lipinski definition) is 8. The molecule has 0 saturated heterocycles. The summed E-state index contributed by atoms with van der Waals surface area (Å²) >= 11 is 0.